The molecule has 1 aliphatic heterocycles. The van der Waals surface area contributed by atoms with E-state index in [0.717, 1.165) is 31.0 Å². The predicted molar refractivity (Wildman–Crippen MR) is 67.5 cm³/mol. The van der Waals surface area contributed by atoms with Gasteiger partial charge in [0, 0.05) is 12.6 Å². The summed E-state index contributed by atoms with van der Waals surface area (Å²) in [6.07, 6.45) is 3.73. The fraction of sp³-hybridized carbons (Fsp3) is 0.700. The van der Waals surface area contributed by atoms with Crippen LogP contribution in [0.1, 0.15) is 19.8 Å². The van der Waals surface area contributed by atoms with Crippen molar-refractivity contribution in [3.63, 3.8) is 0 Å². The molecule has 1 fully saturated rings. The normalized spacial score (nSPS) is 20.6. The molecule has 1 aromatic rings. The molecule has 1 atom stereocenters. The third-order valence-corrected chi connectivity index (χ3v) is 3.97. The van der Waals surface area contributed by atoms with Crippen LogP contribution in [0, 0.1) is 10.1 Å². The quantitative estimate of drug-likeness (QED) is 0.644. The van der Waals surface area contributed by atoms with Crippen LogP contribution in [0.4, 0.5) is 10.1 Å². The van der Waals surface area contributed by atoms with Crippen molar-refractivity contribution >= 4 is 21.5 Å². The lowest BCUT2D eigenvalue weighted by Crippen LogP contribution is -2.34. The molecule has 1 aromatic heterocycles. The van der Waals surface area contributed by atoms with Gasteiger partial charge in [-0.15, -0.1) is 0 Å². The lowest BCUT2D eigenvalue weighted by molar-refractivity contribution is -0.380. The SMILES string of the molecule is CCN1CCCC1CNc1ncc([N+](=O)[O-])s1. The molecular formula is C10H16N4O2S. The van der Waals surface area contributed by atoms with Crippen LogP contribution in [0.25, 0.3) is 0 Å². The molecule has 0 radical (unpaired) electrons. The van der Waals surface area contributed by atoms with Crippen LogP contribution in [0.2, 0.25) is 0 Å². The zero-order valence-electron chi connectivity index (χ0n) is 9.76. The number of thiazole rings is 1. The highest BCUT2D eigenvalue weighted by Crippen LogP contribution is 2.25. The molecule has 0 bridgehead atoms. The molecule has 1 unspecified atom stereocenters. The Balaban J connectivity index is 1.86. The predicted octanol–water partition coefficient (Wildman–Crippen LogP) is 1.95. The molecule has 2 heterocycles. The Bertz CT molecular complexity index is 395. The molecule has 0 spiro atoms. The van der Waals surface area contributed by atoms with Crippen LogP contribution in [-0.4, -0.2) is 40.5 Å². The zero-order valence-corrected chi connectivity index (χ0v) is 10.6. The van der Waals surface area contributed by atoms with Crippen LogP contribution in [0.15, 0.2) is 6.20 Å². The second-order valence-corrected chi connectivity index (χ2v) is 5.08. The Kier molecular flexibility index (Phi) is 3.90. The standard InChI is InChI=1S/C10H16N4O2S/c1-2-13-5-3-4-8(13)6-11-10-12-7-9(17-10)14(15)16/h7-8H,2-6H2,1H3,(H,11,12). The molecule has 1 N–H and O–H groups in total. The van der Waals surface area contributed by atoms with E-state index in [0.29, 0.717) is 11.2 Å². The Labute approximate surface area is 104 Å². The first-order valence-electron chi connectivity index (χ1n) is 5.79. The summed E-state index contributed by atoms with van der Waals surface area (Å²) in [5, 5.41) is 14.4. The minimum Gasteiger partial charge on any atom is -0.360 e. The molecule has 0 saturated carbocycles. The van der Waals surface area contributed by atoms with Crippen LogP contribution >= 0.6 is 11.3 Å². The van der Waals surface area contributed by atoms with Gasteiger partial charge >= 0.3 is 5.00 Å². The Morgan fingerprint density at radius 1 is 1.76 bits per heavy atom. The Morgan fingerprint density at radius 2 is 2.59 bits per heavy atom. The number of likely N-dealkylation sites (N-methyl/N-ethyl adjacent to an activating group) is 1. The summed E-state index contributed by atoms with van der Waals surface area (Å²) >= 11 is 1.09. The first kappa shape index (κ1) is 12.3. The van der Waals surface area contributed by atoms with Gasteiger partial charge in [-0.2, -0.15) is 0 Å². The molecule has 2 rings (SSSR count). The molecular weight excluding hydrogens is 240 g/mol. The molecule has 0 aliphatic carbocycles. The fourth-order valence-corrected chi connectivity index (χ4v) is 2.82. The van der Waals surface area contributed by atoms with Crippen LogP contribution in [0.3, 0.4) is 0 Å². The number of likely N-dealkylation sites (tertiary alicyclic amines) is 1. The number of rotatable bonds is 5. The molecule has 6 nitrogen and oxygen atoms in total. The average molecular weight is 256 g/mol. The van der Waals surface area contributed by atoms with Crippen molar-refractivity contribution in [1.82, 2.24) is 9.88 Å². The van der Waals surface area contributed by atoms with E-state index < -0.39 is 4.92 Å². The van der Waals surface area contributed by atoms with Crippen LogP contribution in [-0.2, 0) is 0 Å². The van der Waals surface area contributed by atoms with Crippen molar-refractivity contribution in [2.24, 2.45) is 0 Å². The number of nitro groups is 1. The van der Waals surface area contributed by atoms with E-state index in [4.69, 9.17) is 0 Å². The minimum atomic E-state index is -0.406. The second-order valence-electron chi connectivity index (χ2n) is 4.07. The maximum absolute atomic E-state index is 10.5. The second kappa shape index (κ2) is 5.42. The average Bonchev–Trinajstić information content (AvgIpc) is 2.95. The lowest BCUT2D eigenvalue weighted by atomic mass is 10.2. The zero-order chi connectivity index (χ0) is 12.3. The first-order chi connectivity index (χ1) is 8.20. The van der Waals surface area contributed by atoms with Crippen molar-refractivity contribution in [3.8, 4) is 0 Å². The summed E-state index contributed by atoms with van der Waals surface area (Å²) < 4.78 is 0. The van der Waals surface area contributed by atoms with Gasteiger partial charge in [0.05, 0.1) is 4.92 Å². The smallest absolute Gasteiger partial charge is 0.345 e. The highest BCUT2D eigenvalue weighted by Gasteiger charge is 2.23. The maximum Gasteiger partial charge on any atom is 0.345 e. The van der Waals surface area contributed by atoms with Gasteiger partial charge in [-0.1, -0.05) is 6.92 Å². The Morgan fingerprint density at radius 3 is 3.24 bits per heavy atom. The summed E-state index contributed by atoms with van der Waals surface area (Å²) in [4.78, 5) is 16.5. The monoisotopic (exact) mass is 256 g/mol. The summed E-state index contributed by atoms with van der Waals surface area (Å²) in [6.45, 7) is 5.19. The van der Waals surface area contributed by atoms with Gasteiger partial charge in [-0.25, -0.2) is 4.98 Å². The molecule has 1 aliphatic rings. The summed E-state index contributed by atoms with van der Waals surface area (Å²) in [5.41, 5.74) is 0. The number of hydrogen-bond donors (Lipinski definition) is 1. The van der Waals surface area contributed by atoms with E-state index in [2.05, 4.69) is 22.1 Å². The van der Waals surface area contributed by atoms with E-state index in [1.165, 1.54) is 19.0 Å². The van der Waals surface area contributed by atoms with Gasteiger partial charge in [0.1, 0.15) is 6.20 Å². The molecule has 94 valence electrons. The Hall–Kier alpha value is -1.21. The third-order valence-electron chi connectivity index (χ3n) is 3.07. The van der Waals surface area contributed by atoms with E-state index in [-0.39, 0.29) is 5.00 Å². The van der Waals surface area contributed by atoms with Crippen LogP contribution < -0.4 is 5.32 Å². The topological polar surface area (TPSA) is 71.3 Å². The summed E-state index contributed by atoms with van der Waals surface area (Å²) in [5.74, 6) is 0. The number of aromatic nitrogens is 1. The van der Waals surface area contributed by atoms with E-state index in [9.17, 15) is 10.1 Å². The summed E-state index contributed by atoms with van der Waals surface area (Å²) in [7, 11) is 0. The van der Waals surface area contributed by atoms with Gasteiger partial charge in [0.15, 0.2) is 5.13 Å². The first-order valence-corrected chi connectivity index (χ1v) is 6.60. The molecule has 0 aromatic carbocycles. The van der Waals surface area contributed by atoms with Gasteiger partial charge in [0.2, 0.25) is 0 Å². The summed E-state index contributed by atoms with van der Waals surface area (Å²) in [6, 6.07) is 0.531. The lowest BCUT2D eigenvalue weighted by Gasteiger charge is -2.22. The van der Waals surface area contributed by atoms with Crippen molar-refractivity contribution in [2.75, 3.05) is 25.0 Å². The number of hydrogen-bond acceptors (Lipinski definition) is 6. The molecule has 7 heteroatoms. The highest BCUT2D eigenvalue weighted by molar-refractivity contribution is 7.18. The number of nitrogens with zero attached hydrogens (tertiary/aromatic N) is 3. The van der Waals surface area contributed by atoms with Crippen molar-refractivity contribution in [3.05, 3.63) is 16.3 Å². The van der Waals surface area contributed by atoms with Gasteiger partial charge < -0.3 is 5.32 Å². The van der Waals surface area contributed by atoms with E-state index in [1.807, 2.05) is 0 Å². The van der Waals surface area contributed by atoms with Gasteiger partial charge in [0.25, 0.3) is 0 Å². The minimum absolute atomic E-state index is 0.0891. The van der Waals surface area contributed by atoms with Crippen molar-refractivity contribution < 1.29 is 4.92 Å². The van der Waals surface area contributed by atoms with Crippen LogP contribution in [0.5, 0.6) is 0 Å². The molecule has 0 amide bonds. The van der Waals surface area contributed by atoms with E-state index in [1.54, 1.807) is 0 Å². The largest absolute Gasteiger partial charge is 0.360 e. The van der Waals surface area contributed by atoms with Gasteiger partial charge in [-0.3, -0.25) is 15.0 Å². The fourth-order valence-electron chi connectivity index (χ4n) is 2.18. The number of nitrogens with one attached hydrogen (secondary N) is 1. The molecule has 17 heavy (non-hydrogen) atoms. The third kappa shape index (κ3) is 2.92. The number of anilines is 1. The maximum atomic E-state index is 10.5. The van der Waals surface area contributed by atoms with Crippen molar-refractivity contribution in [1.29, 1.82) is 0 Å². The molecule has 1 saturated heterocycles. The van der Waals surface area contributed by atoms with Crippen molar-refractivity contribution in [2.45, 2.75) is 25.8 Å². The highest BCUT2D eigenvalue weighted by atomic mass is 32.1. The van der Waals surface area contributed by atoms with Gasteiger partial charge in [-0.05, 0) is 37.3 Å². The van der Waals surface area contributed by atoms with E-state index >= 15 is 0 Å².